The summed E-state index contributed by atoms with van der Waals surface area (Å²) in [5, 5.41) is 11.7. The highest BCUT2D eigenvalue weighted by Crippen LogP contribution is 2.37. The number of carbonyl (C=O) groups excluding carboxylic acids is 2. The molecule has 2 aromatic heterocycles. The van der Waals surface area contributed by atoms with Gasteiger partial charge in [0.2, 0.25) is 11.8 Å². The first kappa shape index (κ1) is 38.3. The monoisotopic (exact) mass is 748 g/mol. The van der Waals surface area contributed by atoms with Crippen LogP contribution in [-0.4, -0.2) is 95.9 Å². The zero-order valence-electron chi connectivity index (χ0n) is 32.6. The van der Waals surface area contributed by atoms with Crippen molar-refractivity contribution >= 4 is 17.9 Å². The second-order valence-corrected chi connectivity index (χ2v) is 15.8. The maximum absolute atomic E-state index is 13.7. The van der Waals surface area contributed by atoms with E-state index in [4.69, 9.17) is 4.98 Å². The smallest absolute Gasteiger partial charge is 0.405 e. The number of likely N-dealkylation sites (tertiary alicyclic amines) is 2. The van der Waals surface area contributed by atoms with Crippen molar-refractivity contribution in [2.75, 3.05) is 26.2 Å². The minimum Gasteiger partial charge on any atom is -0.465 e. The van der Waals surface area contributed by atoms with E-state index in [2.05, 4.69) is 92.4 Å². The maximum atomic E-state index is 13.7. The van der Waals surface area contributed by atoms with Gasteiger partial charge >= 0.3 is 6.09 Å². The predicted octanol–water partition coefficient (Wildman–Crippen LogP) is 7.65. The molecular formula is C43H56N8O4. The van der Waals surface area contributed by atoms with Crippen molar-refractivity contribution in [1.29, 1.82) is 0 Å². The zero-order valence-corrected chi connectivity index (χ0v) is 32.6. The number of aromatic amines is 2. The predicted molar refractivity (Wildman–Crippen MR) is 213 cm³/mol. The van der Waals surface area contributed by atoms with Crippen LogP contribution in [0.2, 0.25) is 0 Å². The summed E-state index contributed by atoms with van der Waals surface area (Å²) in [4.78, 5) is 61.3. The minimum absolute atomic E-state index is 0.00318. The van der Waals surface area contributed by atoms with Crippen LogP contribution >= 0.6 is 0 Å². The van der Waals surface area contributed by atoms with Gasteiger partial charge in [-0.2, -0.15) is 0 Å². The normalized spacial score (nSPS) is 22.1. The van der Waals surface area contributed by atoms with Crippen molar-refractivity contribution in [3.05, 3.63) is 72.6 Å². The van der Waals surface area contributed by atoms with Gasteiger partial charge in [0, 0.05) is 25.0 Å². The van der Waals surface area contributed by atoms with Crippen LogP contribution in [-0.2, 0) is 9.59 Å². The Morgan fingerprint density at radius 1 is 0.745 bits per heavy atom. The Balaban J connectivity index is 0.972. The Kier molecular flexibility index (Phi) is 11.7. The Labute approximate surface area is 324 Å². The average molecular weight is 749 g/mol. The number of carbonyl (C=O) groups is 3. The molecule has 12 nitrogen and oxygen atoms in total. The molecule has 4 aromatic rings. The third kappa shape index (κ3) is 8.20. The van der Waals surface area contributed by atoms with Gasteiger partial charge in [0.05, 0.1) is 35.9 Å². The van der Waals surface area contributed by atoms with E-state index in [1.54, 1.807) is 11.1 Å². The molecule has 2 aromatic carbocycles. The lowest BCUT2D eigenvalue weighted by Crippen LogP contribution is -2.50. The van der Waals surface area contributed by atoms with Gasteiger partial charge in [-0.15, -0.1) is 0 Å². The molecule has 0 radical (unpaired) electrons. The fourth-order valence-electron chi connectivity index (χ4n) is 9.11. The van der Waals surface area contributed by atoms with Crippen LogP contribution in [0.5, 0.6) is 0 Å². The number of benzene rings is 2. The number of amides is 3. The molecule has 2 aliphatic heterocycles. The van der Waals surface area contributed by atoms with Gasteiger partial charge in [0.15, 0.2) is 0 Å². The third-order valence-corrected chi connectivity index (χ3v) is 12.2. The molecule has 0 bridgehead atoms. The van der Waals surface area contributed by atoms with Crippen LogP contribution in [0.4, 0.5) is 4.79 Å². The van der Waals surface area contributed by atoms with Gasteiger partial charge in [-0.1, -0.05) is 76.2 Å². The topological polar surface area (TPSA) is 151 Å². The van der Waals surface area contributed by atoms with Crippen molar-refractivity contribution < 1.29 is 19.5 Å². The molecule has 292 valence electrons. The van der Waals surface area contributed by atoms with E-state index >= 15 is 0 Å². The van der Waals surface area contributed by atoms with Crippen molar-refractivity contribution in [1.82, 2.24) is 40.0 Å². The van der Waals surface area contributed by atoms with Crippen molar-refractivity contribution in [3.63, 3.8) is 0 Å². The van der Waals surface area contributed by atoms with Crippen molar-refractivity contribution in [2.45, 2.75) is 103 Å². The first-order valence-corrected chi connectivity index (χ1v) is 20.3. The second-order valence-electron chi connectivity index (χ2n) is 15.8. The van der Waals surface area contributed by atoms with Gasteiger partial charge in [0.1, 0.15) is 17.7 Å². The number of hydrogen-bond donors (Lipinski definition) is 4. The lowest BCUT2D eigenvalue weighted by Gasteiger charge is -2.37. The highest BCUT2D eigenvalue weighted by molar-refractivity contribution is 5.86. The van der Waals surface area contributed by atoms with Crippen molar-refractivity contribution in [2.24, 2.45) is 11.8 Å². The van der Waals surface area contributed by atoms with Crippen molar-refractivity contribution in [3.8, 4) is 33.6 Å². The minimum atomic E-state index is -1.20. The zero-order chi connectivity index (χ0) is 38.6. The van der Waals surface area contributed by atoms with Crippen LogP contribution in [0.15, 0.2) is 60.9 Å². The number of H-pyrrole nitrogens is 2. The van der Waals surface area contributed by atoms with Crippen LogP contribution in [0.3, 0.4) is 0 Å². The third-order valence-electron chi connectivity index (χ3n) is 12.2. The SMILES string of the molecule is CCN(CC)C1CCC(C(=O)N2CCC[C@H]2c2ncc(-c3ccc(-c4ccc(-c5cnc([C@@H]6CCCN6C(=O)[C@@H](NC(=O)O)C(C)C)[nH]5)cc4)cc3)[nH]2)CC1. The van der Waals surface area contributed by atoms with Gasteiger partial charge in [-0.3, -0.25) is 9.59 Å². The summed E-state index contributed by atoms with van der Waals surface area (Å²) in [6, 6.07) is 16.4. The Morgan fingerprint density at radius 2 is 1.22 bits per heavy atom. The highest BCUT2D eigenvalue weighted by atomic mass is 16.4. The van der Waals surface area contributed by atoms with Gasteiger partial charge in [0.25, 0.3) is 0 Å². The van der Waals surface area contributed by atoms with Crippen LogP contribution in [0.1, 0.15) is 103 Å². The molecule has 0 spiro atoms. The summed E-state index contributed by atoms with van der Waals surface area (Å²) in [5.74, 6) is 1.62. The number of imidazole rings is 2. The number of rotatable bonds is 12. The van der Waals surface area contributed by atoms with Gasteiger partial charge < -0.3 is 35.1 Å². The number of hydrogen-bond acceptors (Lipinski definition) is 6. The van der Waals surface area contributed by atoms with E-state index < -0.39 is 12.1 Å². The maximum Gasteiger partial charge on any atom is 0.405 e. The van der Waals surface area contributed by atoms with Gasteiger partial charge in [-0.25, -0.2) is 14.8 Å². The molecule has 55 heavy (non-hydrogen) atoms. The fraction of sp³-hybridized carbons (Fsp3) is 0.512. The number of nitrogens with zero attached hydrogens (tertiary/aromatic N) is 5. The molecule has 0 unspecified atom stereocenters. The van der Waals surface area contributed by atoms with E-state index in [-0.39, 0.29) is 29.8 Å². The van der Waals surface area contributed by atoms with E-state index in [1.165, 1.54) is 0 Å². The Morgan fingerprint density at radius 3 is 1.69 bits per heavy atom. The fourth-order valence-corrected chi connectivity index (χ4v) is 9.11. The summed E-state index contributed by atoms with van der Waals surface area (Å²) in [7, 11) is 0. The lowest BCUT2D eigenvalue weighted by molar-refractivity contribution is -0.138. The summed E-state index contributed by atoms with van der Waals surface area (Å²) in [5.41, 5.74) is 6.03. The highest BCUT2D eigenvalue weighted by Gasteiger charge is 2.39. The van der Waals surface area contributed by atoms with E-state index in [0.29, 0.717) is 24.3 Å². The number of carboxylic acid groups (broad SMARTS) is 1. The van der Waals surface area contributed by atoms with E-state index in [1.807, 2.05) is 20.0 Å². The number of aromatic nitrogens is 4. The molecule has 1 aliphatic carbocycles. The lowest BCUT2D eigenvalue weighted by atomic mass is 9.84. The molecule has 4 N–H and O–H groups in total. The molecule has 12 heteroatoms. The second kappa shape index (κ2) is 16.8. The molecule has 3 aliphatic rings. The molecule has 3 fully saturated rings. The molecule has 2 saturated heterocycles. The van der Waals surface area contributed by atoms with Crippen LogP contribution < -0.4 is 5.32 Å². The molecule has 7 rings (SSSR count). The molecule has 4 heterocycles. The summed E-state index contributed by atoms with van der Waals surface area (Å²) in [6.45, 7) is 11.7. The van der Waals surface area contributed by atoms with E-state index in [9.17, 15) is 19.5 Å². The standard InChI is InChI=1S/C43H56N8O4/c1-5-49(6-2)33-21-19-32(20-22-33)41(52)50-23-7-9-36(50)39-44-25-34(46-39)30-15-11-28(12-16-30)29-13-17-31(18-14-29)35-26-45-40(47-35)37-10-8-24-51(37)42(53)38(27(3)4)48-43(54)55/h11-18,25-27,32-33,36-38,48H,5-10,19-24H2,1-4H3,(H,44,46)(H,45,47)(H,54,55)/t32?,33?,36-,37-,38-/m0/s1. The Bertz CT molecular complexity index is 1920. The van der Waals surface area contributed by atoms with Gasteiger partial charge in [-0.05, 0) is 92.6 Å². The quantitative estimate of drug-likeness (QED) is 0.116. The van der Waals surface area contributed by atoms with E-state index in [0.717, 1.165) is 110 Å². The summed E-state index contributed by atoms with van der Waals surface area (Å²) >= 11 is 0. The molecular weight excluding hydrogens is 693 g/mol. The first-order chi connectivity index (χ1) is 26.6. The average Bonchev–Trinajstić information content (AvgIpc) is 4.04. The largest absolute Gasteiger partial charge is 0.465 e. The first-order valence-electron chi connectivity index (χ1n) is 20.3. The molecule has 1 saturated carbocycles. The summed E-state index contributed by atoms with van der Waals surface area (Å²) in [6.07, 6.45) is 10.2. The molecule has 3 atom stereocenters. The molecule has 3 amide bonds. The summed E-state index contributed by atoms with van der Waals surface area (Å²) < 4.78 is 0. The van der Waals surface area contributed by atoms with Crippen LogP contribution in [0.25, 0.3) is 33.6 Å². The number of nitrogens with one attached hydrogen (secondary N) is 3. The van der Waals surface area contributed by atoms with Crippen LogP contribution in [0, 0.1) is 11.8 Å². The Hall–Kier alpha value is -4.97.